The molecular weight excluding hydrogens is 442 g/mol. The summed E-state index contributed by atoms with van der Waals surface area (Å²) in [6.07, 6.45) is 0. The molecule has 1 amide bonds. The van der Waals surface area contributed by atoms with Gasteiger partial charge in [-0.3, -0.25) is 9.59 Å². The predicted octanol–water partition coefficient (Wildman–Crippen LogP) is 2.62. The SMILES string of the molecule is CCOc1ccc(C(O)=C2C(=O)C(=O)N(CCOCCO)[C@H]2c2ccc(O)c(OCC)c2)cc1. The molecule has 3 N–H and O–H groups in total. The maximum atomic E-state index is 13.1. The fourth-order valence-corrected chi connectivity index (χ4v) is 3.79. The minimum absolute atomic E-state index is 0.0557. The molecule has 1 aliphatic heterocycles. The number of aromatic hydroxyl groups is 1. The summed E-state index contributed by atoms with van der Waals surface area (Å²) >= 11 is 0. The highest BCUT2D eigenvalue weighted by Gasteiger charge is 2.46. The van der Waals surface area contributed by atoms with Gasteiger partial charge in [0, 0.05) is 12.1 Å². The molecule has 0 spiro atoms. The lowest BCUT2D eigenvalue weighted by Crippen LogP contribution is -2.33. The average Bonchev–Trinajstić information content (AvgIpc) is 3.08. The summed E-state index contributed by atoms with van der Waals surface area (Å²) in [5.74, 6) is -1.21. The van der Waals surface area contributed by atoms with Crippen molar-refractivity contribution in [2.45, 2.75) is 19.9 Å². The molecule has 34 heavy (non-hydrogen) atoms. The lowest BCUT2D eigenvalue weighted by Gasteiger charge is -2.25. The highest BCUT2D eigenvalue weighted by atomic mass is 16.5. The molecule has 9 heteroatoms. The number of benzene rings is 2. The minimum Gasteiger partial charge on any atom is -0.507 e. The third-order valence-corrected chi connectivity index (χ3v) is 5.29. The highest BCUT2D eigenvalue weighted by Crippen LogP contribution is 2.41. The van der Waals surface area contributed by atoms with Gasteiger partial charge >= 0.3 is 0 Å². The van der Waals surface area contributed by atoms with E-state index < -0.39 is 17.7 Å². The van der Waals surface area contributed by atoms with Crippen LogP contribution < -0.4 is 9.47 Å². The number of aliphatic hydroxyl groups is 2. The van der Waals surface area contributed by atoms with E-state index in [0.29, 0.717) is 30.1 Å². The zero-order valence-electron chi connectivity index (χ0n) is 19.2. The van der Waals surface area contributed by atoms with Crippen LogP contribution in [0.5, 0.6) is 17.2 Å². The molecule has 1 saturated heterocycles. The first-order valence-corrected chi connectivity index (χ1v) is 11.1. The van der Waals surface area contributed by atoms with E-state index >= 15 is 0 Å². The van der Waals surface area contributed by atoms with Gasteiger partial charge in [0.1, 0.15) is 11.5 Å². The van der Waals surface area contributed by atoms with Gasteiger partial charge in [0.05, 0.1) is 44.6 Å². The molecule has 1 heterocycles. The molecule has 0 radical (unpaired) electrons. The number of phenols is 1. The Morgan fingerprint density at radius 3 is 2.35 bits per heavy atom. The summed E-state index contributed by atoms with van der Waals surface area (Å²) in [7, 11) is 0. The number of hydrogen-bond donors (Lipinski definition) is 3. The van der Waals surface area contributed by atoms with E-state index in [4.69, 9.17) is 19.3 Å². The summed E-state index contributed by atoms with van der Waals surface area (Å²) in [6.45, 7) is 4.47. The van der Waals surface area contributed by atoms with Crippen molar-refractivity contribution < 1.29 is 39.1 Å². The number of carbonyl (C=O) groups is 2. The lowest BCUT2D eigenvalue weighted by atomic mass is 9.95. The van der Waals surface area contributed by atoms with E-state index in [1.807, 2.05) is 6.92 Å². The second-order valence-corrected chi connectivity index (χ2v) is 7.45. The number of ether oxygens (including phenoxy) is 3. The van der Waals surface area contributed by atoms with E-state index in [1.165, 1.54) is 11.0 Å². The highest BCUT2D eigenvalue weighted by molar-refractivity contribution is 6.46. The van der Waals surface area contributed by atoms with Crippen molar-refractivity contribution in [1.82, 2.24) is 4.90 Å². The van der Waals surface area contributed by atoms with Crippen molar-refractivity contribution >= 4 is 17.4 Å². The zero-order chi connectivity index (χ0) is 24.7. The van der Waals surface area contributed by atoms with Crippen molar-refractivity contribution in [3.05, 3.63) is 59.2 Å². The number of nitrogens with zero attached hydrogens (tertiary/aromatic N) is 1. The Morgan fingerprint density at radius 1 is 1.00 bits per heavy atom. The summed E-state index contributed by atoms with van der Waals surface area (Å²) in [4.78, 5) is 27.3. The van der Waals surface area contributed by atoms with Gasteiger partial charge in [0.15, 0.2) is 11.5 Å². The van der Waals surface area contributed by atoms with Gasteiger partial charge in [-0.15, -0.1) is 0 Å². The van der Waals surface area contributed by atoms with Crippen LogP contribution in [-0.2, 0) is 14.3 Å². The molecule has 9 nitrogen and oxygen atoms in total. The van der Waals surface area contributed by atoms with Crippen LogP contribution in [0.25, 0.3) is 5.76 Å². The summed E-state index contributed by atoms with van der Waals surface area (Å²) in [5.41, 5.74) is 0.756. The van der Waals surface area contributed by atoms with Crippen LogP contribution in [0.2, 0.25) is 0 Å². The van der Waals surface area contributed by atoms with Gasteiger partial charge in [-0.05, 0) is 55.8 Å². The molecule has 1 aliphatic rings. The number of Topliss-reactive ketones (excluding diaryl/α,β-unsaturated/α-hetero) is 1. The topological polar surface area (TPSA) is 126 Å². The number of likely N-dealkylation sites (tertiary alicyclic amines) is 1. The van der Waals surface area contributed by atoms with Gasteiger partial charge in [-0.25, -0.2) is 0 Å². The van der Waals surface area contributed by atoms with Crippen molar-refractivity contribution in [1.29, 1.82) is 0 Å². The van der Waals surface area contributed by atoms with Gasteiger partial charge < -0.3 is 34.4 Å². The maximum absolute atomic E-state index is 13.1. The van der Waals surface area contributed by atoms with Crippen molar-refractivity contribution in [3.8, 4) is 17.2 Å². The molecule has 0 aromatic heterocycles. The normalized spacial score (nSPS) is 17.3. The van der Waals surface area contributed by atoms with Crippen molar-refractivity contribution in [2.75, 3.05) is 39.6 Å². The first kappa shape index (κ1) is 25.1. The van der Waals surface area contributed by atoms with Gasteiger partial charge in [-0.1, -0.05) is 6.07 Å². The number of hydrogen-bond acceptors (Lipinski definition) is 8. The molecule has 1 atom stereocenters. The molecule has 0 saturated carbocycles. The Balaban J connectivity index is 2.08. The minimum atomic E-state index is -0.927. The first-order valence-electron chi connectivity index (χ1n) is 11.1. The third kappa shape index (κ3) is 5.32. The van der Waals surface area contributed by atoms with Crippen molar-refractivity contribution in [3.63, 3.8) is 0 Å². The van der Waals surface area contributed by atoms with Gasteiger partial charge in [0.25, 0.3) is 11.7 Å². The molecule has 0 unspecified atom stereocenters. The Kier molecular flexibility index (Phi) is 8.50. The maximum Gasteiger partial charge on any atom is 0.295 e. The second kappa shape index (κ2) is 11.5. The average molecular weight is 472 g/mol. The number of amides is 1. The smallest absolute Gasteiger partial charge is 0.295 e. The van der Waals surface area contributed by atoms with Gasteiger partial charge in [0.2, 0.25) is 0 Å². The molecule has 0 aliphatic carbocycles. The van der Waals surface area contributed by atoms with Crippen LogP contribution in [0.15, 0.2) is 48.0 Å². The number of ketones is 1. The molecular formula is C25H29NO8. The predicted molar refractivity (Wildman–Crippen MR) is 124 cm³/mol. The molecule has 2 aromatic rings. The van der Waals surface area contributed by atoms with E-state index in [2.05, 4.69) is 0 Å². The molecule has 182 valence electrons. The van der Waals surface area contributed by atoms with E-state index in [0.717, 1.165) is 0 Å². The fraction of sp³-hybridized carbons (Fsp3) is 0.360. The largest absolute Gasteiger partial charge is 0.507 e. The van der Waals surface area contributed by atoms with E-state index in [-0.39, 0.29) is 49.2 Å². The van der Waals surface area contributed by atoms with Crippen LogP contribution in [0.1, 0.15) is 31.0 Å². The molecule has 1 fully saturated rings. The summed E-state index contributed by atoms with van der Waals surface area (Å²) in [6, 6.07) is 10.2. The standard InChI is InChI=1S/C25H29NO8/c1-3-33-18-8-5-16(6-9-18)23(29)21-22(17-7-10-19(28)20(15-17)34-4-2)26(25(31)24(21)30)11-13-32-14-12-27/h5-10,15,22,27-29H,3-4,11-14H2,1-2H3/t22-/m0/s1. The molecule has 3 rings (SSSR count). The number of rotatable bonds is 11. The van der Waals surface area contributed by atoms with Crippen LogP contribution in [-0.4, -0.2) is 71.5 Å². The number of phenolic OH excluding ortho intramolecular Hbond substituents is 1. The van der Waals surface area contributed by atoms with E-state index in [1.54, 1.807) is 43.3 Å². The third-order valence-electron chi connectivity index (χ3n) is 5.29. The zero-order valence-corrected chi connectivity index (χ0v) is 19.2. The first-order chi connectivity index (χ1) is 16.4. The Labute approximate surface area is 197 Å². The Hall–Kier alpha value is -3.56. The Bertz CT molecular complexity index is 1050. The Morgan fingerprint density at radius 2 is 1.71 bits per heavy atom. The van der Waals surface area contributed by atoms with Gasteiger partial charge in [-0.2, -0.15) is 0 Å². The monoisotopic (exact) mass is 471 g/mol. The molecule has 2 aromatic carbocycles. The van der Waals surface area contributed by atoms with Crippen LogP contribution in [0.3, 0.4) is 0 Å². The molecule has 0 bridgehead atoms. The van der Waals surface area contributed by atoms with Crippen LogP contribution >= 0.6 is 0 Å². The quantitative estimate of drug-likeness (QED) is 0.198. The van der Waals surface area contributed by atoms with Crippen molar-refractivity contribution in [2.24, 2.45) is 0 Å². The second-order valence-electron chi connectivity index (χ2n) is 7.45. The fourth-order valence-electron chi connectivity index (χ4n) is 3.79. The van der Waals surface area contributed by atoms with E-state index in [9.17, 15) is 19.8 Å². The summed E-state index contributed by atoms with van der Waals surface area (Å²) in [5, 5.41) is 30.2. The number of aliphatic hydroxyl groups excluding tert-OH is 2. The summed E-state index contributed by atoms with van der Waals surface area (Å²) < 4.78 is 16.2. The van der Waals surface area contributed by atoms with Crippen LogP contribution in [0.4, 0.5) is 0 Å². The lowest BCUT2D eigenvalue weighted by molar-refractivity contribution is -0.140. The number of carbonyl (C=O) groups excluding carboxylic acids is 2. The van der Waals surface area contributed by atoms with Crippen LogP contribution in [0, 0.1) is 0 Å².